The van der Waals surface area contributed by atoms with E-state index in [0.29, 0.717) is 12.5 Å². The highest BCUT2D eigenvalue weighted by molar-refractivity contribution is 6.69. The maximum Gasteiger partial charge on any atom is 0.305 e. The Labute approximate surface area is 164 Å². The summed E-state index contributed by atoms with van der Waals surface area (Å²) in [6.07, 6.45) is 20.2. The van der Waals surface area contributed by atoms with E-state index in [2.05, 4.69) is 43.5 Å². The van der Waals surface area contributed by atoms with Gasteiger partial charge in [-0.1, -0.05) is 51.2 Å². The van der Waals surface area contributed by atoms with Gasteiger partial charge < -0.3 is 9.16 Å². The molecule has 0 aromatic carbocycles. The molecule has 0 N–H and O–H groups in total. The number of esters is 1. The molecule has 0 heterocycles. The van der Waals surface area contributed by atoms with Crippen LogP contribution in [0.2, 0.25) is 19.6 Å². The van der Waals surface area contributed by atoms with Crippen LogP contribution in [0.4, 0.5) is 0 Å². The summed E-state index contributed by atoms with van der Waals surface area (Å²) in [5.41, 5.74) is 0. The molecule has 154 valence electrons. The van der Waals surface area contributed by atoms with Gasteiger partial charge in [0.1, 0.15) is 0 Å². The third kappa shape index (κ3) is 18.2. The van der Waals surface area contributed by atoms with Crippen molar-refractivity contribution in [1.29, 1.82) is 0 Å². The fraction of sp³-hybridized carbons (Fsp3) is 0.864. The lowest BCUT2D eigenvalue weighted by atomic mass is 10.1. The Hall–Kier alpha value is -0.613. The minimum absolute atomic E-state index is 0.0824. The number of hydrogen-bond donors (Lipinski definition) is 0. The van der Waals surface area contributed by atoms with Crippen molar-refractivity contribution in [3.8, 4) is 0 Å². The first-order valence-electron chi connectivity index (χ1n) is 10.8. The van der Waals surface area contributed by atoms with Crippen LogP contribution in [0.3, 0.4) is 0 Å². The predicted molar refractivity (Wildman–Crippen MR) is 115 cm³/mol. The number of methoxy groups -OCH3 is 1. The smallest absolute Gasteiger partial charge is 0.305 e. The number of carbonyl (C=O) groups is 1. The lowest BCUT2D eigenvalue weighted by Crippen LogP contribution is -2.32. The Morgan fingerprint density at radius 2 is 1.46 bits per heavy atom. The summed E-state index contributed by atoms with van der Waals surface area (Å²) in [5, 5.41) is 0. The summed E-state index contributed by atoms with van der Waals surface area (Å²) in [6.45, 7) is 9.12. The average molecular weight is 385 g/mol. The highest BCUT2D eigenvalue weighted by atomic mass is 28.4. The van der Waals surface area contributed by atoms with Crippen LogP contribution in [0.15, 0.2) is 12.2 Å². The largest absolute Gasteiger partial charge is 0.469 e. The molecule has 0 aliphatic heterocycles. The molecule has 0 rings (SSSR count). The van der Waals surface area contributed by atoms with E-state index in [-0.39, 0.29) is 5.97 Å². The maximum absolute atomic E-state index is 11.0. The lowest BCUT2D eigenvalue weighted by molar-refractivity contribution is -0.140. The first-order valence-corrected chi connectivity index (χ1v) is 14.2. The van der Waals surface area contributed by atoms with Gasteiger partial charge in [0.15, 0.2) is 8.32 Å². The quantitative estimate of drug-likeness (QED) is 0.117. The molecule has 0 aliphatic carbocycles. The van der Waals surface area contributed by atoms with Gasteiger partial charge in [0.05, 0.1) is 7.11 Å². The summed E-state index contributed by atoms with van der Waals surface area (Å²) in [7, 11) is 0.0529. The first kappa shape index (κ1) is 25.4. The third-order valence-corrected chi connectivity index (χ3v) is 5.46. The Bertz CT molecular complexity index is 361. The second-order valence-electron chi connectivity index (χ2n) is 8.28. The highest BCUT2D eigenvalue weighted by Gasteiger charge is 2.20. The van der Waals surface area contributed by atoms with Crippen LogP contribution in [0.1, 0.15) is 90.4 Å². The molecule has 1 atom stereocenters. The summed E-state index contributed by atoms with van der Waals surface area (Å²) in [4.78, 5) is 11.0. The topological polar surface area (TPSA) is 35.5 Å². The first-order chi connectivity index (χ1) is 12.4. The van der Waals surface area contributed by atoms with E-state index in [1.54, 1.807) is 0 Å². The fourth-order valence-corrected chi connectivity index (χ4v) is 4.35. The van der Waals surface area contributed by atoms with E-state index < -0.39 is 8.32 Å². The summed E-state index contributed by atoms with van der Waals surface area (Å²) < 4.78 is 10.9. The maximum atomic E-state index is 11.0. The average Bonchev–Trinajstić information content (AvgIpc) is 2.57. The molecule has 0 radical (unpaired) electrons. The Kier molecular flexibility index (Phi) is 16.2. The SMILES string of the molecule is CCCC(CCCCC=CCCCCCCCC(=O)OC)O[Si](C)(C)C. The van der Waals surface area contributed by atoms with Crippen LogP contribution >= 0.6 is 0 Å². The van der Waals surface area contributed by atoms with E-state index in [1.807, 2.05) is 0 Å². The summed E-state index contributed by atoms with van der Waals surface area (Å²) in [5.74, 6) is -0.0824. The molecule has 0 saturated carbocycles. The van der Waals surface area contributed by atoms with E-state index in [4.69, 9.17) is 4.43 Å². The monoisotopic (exact) mass is 384 g/mol. The van der Waals surface area contributed by atoms with Gasteiger partial charge in [-0.15, -0.1) is 0 Å². The number of rotatable bonds is 17. The van der Waals surface area contributed by atoms with Gasteiger partial charge in [-0.05, 0) is 64.6 Å². The molecule has 0 aromatic rings. The van der Waals surface area contributed by atoms with E-state index >= 15 is 0 Å². The van der Waals surface area contributed by atoms with Crippen molar-refractivity contribution in [2.45, 2.75) is 116 Å². The van der Waals surface area contributed by atoms with E-state index in [9.17, 15) is 4.79 Å². The van der Waals surface area contributed by atoms with Crippen LogP contribution in [0, 0.1) is 0 Å². The molecule has 0 saturated heterocycles. The number of unbranched alkanes of at least 4 members (excludes halogenated alkanes) is 7. The van der Waals surface area contributed by atoms with Gasteiger partial charge in [0, 0.05) is 12.5 Å². The predicted octanol–water partition coefficient (Wildman–Crippen LogP) is 7.03. The molecule has 0 amide bonds. The molecule has 0 aliphatic rings. The van der Waals surface area contributed by atoms with Gasteiger partial charge in [-0.3, -0.25) is 4.79 Å². The molecule has 0 fully saturated rings. The molecule has 1 unspecified atom stereocenters. The van der Waals surface area contributed by atoms with Gasteiger partial charge in [-0.2, -0.15) is 0 Å². The second-order valence-corrected chi connectivity index (χ2v) is 12.7. The van der Waals surface area contributed by atoms with Crippen molar-refractivity contribution in [3.63, 3.8) is 0 Å². The van der Waals surface area contributed by atoms with Crippen molar-refractivity contribution in [3.05, 3.63) is 12.2 Å². The van der Waals surface area contributed by atoms with Crippen molar-refractivity contribution in [2.24, 2.45) is 0 Å². The van der Waals surface area contributed by atoms with Crippen molar-refractivity contribution < 1.29 is 14.0 Å². The summed E-state index contributed by atoms with van der Waals surface area (Å²) in [6, 6.07) is 0. The van der Waals surface area contributed by atoms with Gasteiger partial charge >= 0.3 is 5.97 Å². The Morgan fingerprint density at radius 3 is 2.04 bits per heavy atom. The van der Waals surface area contributed by atoms with Crippen molar-refractivity contribution in [1.82, 2.24) is 0 Å². The van der Waals surface area contributed by atoms with E-state index in [1.165, 1.54) is 71.3 Å². The van der Waals surface area contributed by atoms with Gasteiger partial charge in [-0.25, -0.2) is 0 Å². The molecule has 26 heavy (non-hydrogen) atoms. The van der Waals surface area contributed by atoms with Crippen LogP contribution in [0.25, 0.3) is 0 Å². The Balaban J connectivity index is 3.50. The fourth-order valence-electron chi connectivity index (χ4n) is 3.12. The molecular formula is C22H44O3Si. The van der Waals surface area contributed by atoms with Crippen LogP contribution in [-0.4, -0.2) is 27.5 Å². The number of hydrogen-bond acceptors (Lipinski definition) is 3. The van der Waals surface area contributed by atoms with Crippen molar-refractivity contribution in [2.75, 3.05) is 7.11 Å². The minimum Gasteiger partial charge on any atom is -0.469 e. The molecular weight excluding hydrogens is 340 g/mol. The van der Waals surface area contributed by atoms with Crippen LogP contribution < -0.4 is 0 Å². The second kappa shape index (κ2) is 16.6. The molecule has 0 spiro atoms. The zero-order valence-corrected chi connectivity index (χ0v) is 19.1. The van der Waals surface area contributed by atoms with Gasteiger partial charge in [0.2, 0.25) is 0 Å². The molecule has 0 bridgehead atoms. The minimum atomic E-state index is -1.40. The van der Waals surface area contributed by atoms with Gasteiger partial charge in [0.25, 0.3) is 0 Å². The van der Waals surface area contributed by atoms with E-state index in [0.717, 1.165) is 12.8 Å². The number of carbonyl (C=O) groups excluding carboxylic acids is 1. The lowest BCUT2D eigenvalue weighted by Gasteiger charge is -2.26. The van der Waals surface area contributed by atoms with Crippen LogP contribution in [0.5, 0.6) is 0 Å². The van der Waals surface area contributed by atoms with Crippen LogP contribution in [-0.2, 0) is 14.0 Å². The highest BCUT2D eigenvalue weighted by Crippen LogP contribution is 2.17. The third-order valence-electron chi connectivity index (χ3n) is 4.42. The van der Waals surface area contributed by atoms with Crippen molar-refractivity contribution >= 4 is 14.3 Å². The summed E-state index contributed by atoms with van der Waals surface area (Å²) >= 11 is 0. The standard InChI is InChI=1S/C22H44O3Si/c1-6-18-21(25-26(3,4)5)19-16-14-12-10-8-7-9-11-13-15-17-20-22(23)24-2/h8,10,21H,6-7,9,11-20H2,1-5H3. The number of ether oxygens (including phenoxy) is 1. The molecule has 3 nitrogen and oxygen atoms in total. The molecule has 4 heteroatoms. The number of allylic oxidation sites excluding steroid dienone is 2. The zero-order chi connectivity index (χ0) is 19.7. The molecule has 0 aromatic heterocycles. The Morgan fingerprint density at radius 1 is 0.885 bits per heavy atom. The zero-order valence-electron chi connectivity index (χ0n) is 18.1. The normalized spacial score (nSPS) is 13.3.